The Balaban J connectivity index is 0.000000847. The maximum Gasteiger partial charge on any atom is 0.220 e. The maximum atomic E-state index is 14.0. The van der Waals surface area contributed by atoms with E-state index in [1.807, 2.05) is 57.2 Å². The quantitative estimate of drug-likeness (QED) is 0.718. The van der Waals surface area contributed by atoms with Gasteiger partial charge in [-0.25, -0.2) is 4.98 Å². The van der Waals surface area contributed by atoms with E-state index in [0.29, 0.717) is 5.56 Å². The van der Waals surface area contributed by atoms with E-state index < -0.39 is 5.95 Å². The van der Waals surface area contributed by atoms with Crippen molar-refractivity contribution in [2.45, 2.75) is 27.2 Å². The summed E-state index contributed by atoms with van der Waals surface area (Å²) in [5, 5.41) is 0. The van der Waals surface area contributed by atoms with Gasteiger partial charge in [0.1, 0.15) is 0 Å². The molecule has 0 bridgehead atoms. The van der Waals surface area contributed by atoms with E-state index in [0.717, 1.165) is 35.4 Å². The average molecular weight is 296 g/mol. The van der Waals surface area contributed by atoms with Gasteiger partial charge in [-0.2, -0.15) is 4.39 Å². The van der Waals surface area contributed by atoms with Crippen LogP contribution in [-0.4, -0.2) is 17.2 Å². The molecule has 3 rings (SSSR count). The van der Waals surface area contributed by atoms with Crippen molar-refractivity contribution in [1.29, 1.82) is 0 Å². The lowest BCUT2D eigenvalue weighted by Gasteiger charge is -2.09. The third-order valence-corrected chi connectivity index (χ3v) is 3.35. The first-order chi connectivity index (χ1) is 10.7. The molecule has 0 N–H and O–H groups in total. The number of aromatic nitrogens is 1. The van der Waals surface area contributed by atoms with Gasteiger partial charge < -0.3 is 0 Å². The lowest BCUT2D eigenvalue weighted by atomic mass is 10.0. The Hall–Kier alpha value is -2.29. The molecule has 1 aromatic heterocycles. The molecule has 1 aliphatic rings. The van der Waals surface area contributed by atoms with Crippen LogP contribution in [0.15, 0.2) is 53.7 Å². The SMILES string of the molecule is CC.Cc1ccc(-c2cc(C3=NCCC=C3)cnc2F)cc1. The number of dihydropyridines is 1. The zero-order chi connectivity index (χ0) is 15.9. The van der Waals surface area contributed by atoms with Gasteiger partial charge >= 0.3 is 0 Å². The molecule has 0 saturated carbocycles. The van der Waals surface area contributed by atoms with Gasteiger partial charge in [-0.15, -0.1) is 0 Å². The fraction of sp³-hybridized carbons (Fsp3) is 0.263. The highest BCUT2D eigenvalue weighted by Crippen LogP contribution is 2.23. The minimum Gasteiger partial charge on any atom is -0.284 e. The molecule has 3 heteroatoms. The summed E-state index contributed by atoms with van der Waals surface area (Å²) in [5.41, 5.74) is 4.24. The van der Waals surface area contributed by atoms with Crippen LogP contribution < -0.4 is 0 Å². The third-order valence-electron chi connectivity index (χ3n) is 3.35. The molecule has 0 radical (unpaired) electrons. The zero-order valence-corrected chi connectivity index (χ0v) is 13.3. The van der Waals surface area contributed by atoms with Gasteiger partial charge in [-0.1, -0.05) is 49.8 Å². The standard InChI is InChI=1S/C17H15FN2.C2H6/c1-12-5-7-13(8-6-12)15-10-14(11-20-17(15)18)16-4-2-3-9-19-16;1-2/h2,4-8,10-11H,3,9H2,1H3;1-2H3. The van der Waals surface area contributed by atoms with Crippen LogP contribution in [0.4, 0.5) is 4.39 Å². The Kier molecular flexibility index (Phi) is 5.59. The fourth-order valence-electron chi connectivity index (χ4n) is 2.22. The van der Waals surface area contributed by atoms with Gasteiger partial charge in [0.05, 0.1) is 5.71 Å². The number of rotatable bonds is 2. The van der Waals surface area contributed by atoms with Gasteiger partial charge in [0.2, 0.25) is 5.95 Å². The average Bonchev–Trinajstić information content (AvgIpc) is 2.59. The van der Waals surface area contributed by atoms with Crippen LogP contribution in [0.25, 0.3) is 11.1 Å². The summed E-state index contributed by atoms with van der Waals surface area (Å²) in [6.45, 7) is 6.79. The lowest BCUT2D eigenvalue weighted by molar-refractivity contribution is 0.587. The van der Waals surface area contributed by atoms with Crippen molar-refractivity contribution in [3.63, 3.8) is 0 Å². The zero-order valence-electron chi connectivity index (χ0n) is 13.3. The number of benzene rings is 1. The second kappa shape index (κ2) is 7.64. The van der Waals surface area contributed by atoms with Gasteiger partial charge in [0.25, 0.3) is 0 Å². The molecule has 22 heavy (non-hydrogen) atoms. The normalized spacial score (nSPS) is 13.2. The van der Waals surface area contributed by atoms with Crippen molar-refractivity contribution in [1.82, 2.24) is 4.98 Å². The van der Waals surface area contributed by atoms with E-state index in [9.17, 15) is 4.39 Å². The molecule has 2 nitrogen and oxygen atoms in total. The predicted molar refractivity (Wildman–Crippen MR) is 90.9 cm³/mol. The van der Waals surface area contributed by atoms with Crippen LogP contribution in [0.2, 0.25) is 0 Å². The molecule has 1 aromatic carbocycles. The van der Waals surface area contributed by atoms with E-state index in [-0.39, 0.29) is 0 Å². The first kappa shape index (κ1) is 16.1. The minimum absolute atomic E-state index is 0.446. The van der Waals surface area contributed by atoms with E-state index in [1.54, 1.807) is 6.20 Å². The summed E-state index contributed by atoms with van der Waals surface area (Å²) in [5.74, 6) is -0.446. The molecule has 0 amide bonds. The summed E-state index contributed by atoms with van der Waals surface area (Å²) in [6.07, 6.45) is 6.55. The van der Waals surface area contributed by atoms with Crippen molar-refractivity contribution >= 4 is 5.71 Å². The van der Waals surface area contributed by atoms with Crippen molar-refractivity contribution in [2.75, 3.05) is 6.54 Å². The molecule has 0 spiro atoms. The van der Waals surface area contributed by atoms with Gasteiger partial charge in [-0.05, 0) is 31.1 Å². The van der Waals surface area contributed by atoms with Crippen LogP contribution in [-0.2, 0) is 0 Å². The number of allylic oxidation sites excluding steroid dienone is 1. The second-order valence-corrected chi connectivity index (χ2v) is 4.89. The number of halogens is 1. The number of aliphatic imine (C=N–C) groups is 1. The fourth-order valence-corrected chi connectivity index (χ4v) is 2.22. The van der Waals surface area contributed by atoms with E-state index in [2.05, 4.69) is 16.1 Å². The van der Waals surface area contributed by atoms with Crippen LogP contribution >= 0.6 is 0 Å². The Labute approximate surface area is 131 Å². The van der Waals surface area contributed by atoms with Gasteiger partial charge in [0, 0.05) is 23.9 Å². The molecule has 0 unspecified atom stereocenters. The third kappa shape index (κ3) is 3.67. The maximum absolute atomic E-state index is 14.0. The lowest BCUT2D eigenvalue weighted by Crippen LogP contribution is -2.04. The minimum atomic E-state index is -0.446. The molecule has 2 aromatic rings. The van der Waals surface area contributed by atoms with Gasteiger partial charge in [0.15, 0.2) is 0 Å². The molecular weight excluding hydrogens is 275 g/mol. The smallest absolute Gasteiger partial charge is 0.220 e. The largest absolute Gasteiger partial charge is 0.284 e. The van der Waals surface area contributed by atoms with Crippen molar-refractivity contribution < 1.29 is 4.39 Å². The van der Waals surface area contributed by atoms with Crippen LogP contribution in [0.3, 0.4) is 0 Å². The monoisotopic (exact) mass is 296 g/mol. The van der Waals surface area contributed by atoms with Crippen molar-refractivity contribution in [2.24, 2.45) is 4.99 Å². The molecule has 114 valence electrons. The molecule has 1 aliphatic heterocycles. The highest BCUT2D eigenvalue weighted by atomic mass is 19.1. The summed E-state index contributed by atoms with van der Waals surface area (Å²) in [4.78, 5) is 8.32. The first-order valence-electron chi connectivity index (χ1n) is 7.68. The highest BCUT2D eigenvalue weighted by molar-refractivity contribution is 6.09. The second-order valence-electron chi connectivity index (χ2n) is 4.89. The van der Waals surface area contributed by atoms with Crippen LogP contribution in [0, 0.1) is 12.9 Å². The summed E-state index contributed by atoms with van der Waals surface area (Å²) in [6, 6.07) is 9.59. The Morgan fingerprint density at radius 1 is 1.05 bits per heavy atom. The van der Waals surface area contributed by atoms with E-state index in [1.165, 1.54) is 0 Å². The molecule has 2 heterocycles. The number of pyridine rings is 1. The Morgan fingerprint density at radius 2 is 1.77 bits per heavy atom. The Morgan fingerprint density at radius 3 is 2.41 bits per heavy atom. The van der Waals surface area contributed by atoms with E-state index in [4.69, 9.17) is 0 Å². The predicted octanol–water partition coefficient (Wildman–Crippen LogP) is 4.97. The van der Waals surface area contributed by atoms with Gasteiger partial charge in [-0.3, -0.25) is 4.99 Å². The van der Waals surface area contributed by atoms with Crippen molar-refractivity contribution in [3.05, 3.63) is 65.8 Å². The molecular formula is C19H21FN2. The van der Waals surface area contributed by atoms with E-state index >= 15 is 0 Å². The Bertz CT molecular complexity index is 685. The highest BCUT2D eigenvalue weighted by Gasteiger charge is 2.10. The molecule has 0 fully saturated rings. The number of nitrogens with zero attached hydrogens (tertiary/aromatic N) is 2. The molecule has 0 aliphatic carbocycles. The summed E-state index contributed by atoms with van der Waals surface area (Å²) in [7, 11) is 0. The summed E-state index contributed by atoms with van der Waals surface area (Å²) >= 11 is 0. The van der Waals surface area contributed by atoms with Crippen LogP contribution in [0.1, 0.15) is 31.4 Å². The van der Waals surface area contributed by atoms with Crippen LogP contribution in [0.5, 0.6) is 0 Å². The number of hydrogen-bond acceptors (Lipinski definition) is 2. The molecule has 0 saturated heterocycles. The van der Waals surface area contributed by atoms with Crippen molar-refractivity contribution in [3.8, 4) is 11.1 Å². The number of aryl methyl sites for hydroxylation is 1. The topological polar surface area (TPSA) is 25.2 Å². The number of hydrogen-bond donors (Lipinski definition) is 0. The summed E-state index contributed by atoms with van der Waals surface area (Å²) < 4.78 is 14.0. The molecule has 0 atom stereocenters. The first-order valence-corrected chi connectivity index (χ1v) is 7.68.